The number of pyridine rings is 2. The Morgan fingerprint density at radius 1 is 0.585 bits per heavy atom. The van der Waals surface area contributed by atoms with Gasteiger partial charge in [-0.1, -0.05) is 0 Å². The summed E-state index contributed by atoms with van der Waals surface area (Å²) in [5, 5.41) is 8.99. The zero-order valence-electron chi connectivity index (χ0n) is 31.2. The van der Waals surface area contributed by atoms with Crippen LogP contribution in [0.3, 0.4) is 0 Å². The first-order chi connectivity index (χ1) is 25.7. The van der Waals surface area contributed by atoms with E-state index in [1.807, 2.05) is 22.2 Å². The molecule has 53 heavy (non-hydrogen) atoms. The molecule has 6 rings (SSSR count). The van der Waals surface area contributed by atoms with Crippen LogP contribution in [0.5, 0.6) is 0 Å². The Morgan fingerprint density at radius 3 is 1.36 bits per heavy atom. The SMILES string of the molecule is CC(=O)N1CCN(c2ccc(CCc3ccc(CCO)s3)nc2)CC1.CC(=O)OCCc1ccc(CCc2ccc(N3CCN(C(C)=O)CC3)cn2)s1. The third-order valence-corrected chi connectivity index (χ3v) is 11.9. The summed E-state index contributed by atoms with van der Waals surface area (Å²) in [5.41, 5.74) is 4.44. The van der Waals surface area contributed by atoms with Gasteiger partial charge >= 0.3 is 5.97 Å². The van der Waals surface area contributed by atoms with Crippen molar-refractivity contribution in [2.75, 3.05) is 75.4 Å². The van der Waals surface area contributed by atoms with Crippen molar-refractivity contribution in [2.45, 2.75) is 59.3 Å². The molecule has 0 unspecified atom stereocenters. The summed E-state index contributed by atoms with van der Waals surface area (Å²) in [4.78, 5) is 56.4. The highest BCUT2D eigenvalue weighted by molar-refractivity contribution is 7.12. The number of carbonyl (C=O) groups excluding carboxylic acids is 3. The molecule has 284 valence electrons. The highest BCUT2D eigenvalue weighted by atomic mass is 32.1. The number of amides is 2. The maximum atomic E-state index is 11.4. The highest BCUT2D eigenvalue weighted by Gasteiger charge is 2.20. The zero-order chi connectivity index (χ0) is 37.6. The molecular formula is C40H52N6O5S2. The number of aliphatic hydroxyl groups is 1. The minimum atomic E-state index is -0.230. The largest absolute Gasteiger partial charge is 0.465 e. The molecule has 2 aliphatic heterocycles. The number of ether oxygens (including phenoxy) is 1. The van der Waals surface area contributed by atoms with Gasteiger partial charge in [-0.05, 0) is 74.2 Å². The number of anilines is 2. The van der Waals surface area contributed by atoms with Gasteiger partial charge in [-0.25, -0.2) is 0 Å². The number of hydrogen-bond donors (Lipinski definition) is 1. The van der Waals surface area contributed by atoms with E-state index in [-0.39, 0.29) is 24.4 Å². The van der Waals surface area contributed by atoms with E-state index in [9.17, 15) is 14.4 Å². The molecule has 0 aromatic carbocycles. The van der Waals surface area contributed by atoms with Crippen LogP contribution < -0.4 is 9.80 Å². The number of nitrogens with zero attached hydrogens (tertiary/aromatic N) is 6. The number of aryl methyl sites for hydroxylation is 4. The molecule has 1 N–H and O–H groups in total. The third kappa shape index (κ3) is 12.6. The van der Waals surface area contributed by atoms with Crippen LogP contribution in [0.15, 0.2) is 60.9 Å². The summed E-state index contributed by atoms with van der Waals surface area (Å²) in [6.45, 7) is 11.9. The van der Waals surface area contributed by atoms with E-state index in [1.165, 1.54) is 26.4 Å². The van der Waals surface area contributed by atoms with Crippen LogP contribution in [0, 0.1) is 0 Å². The lowest BCUT2D eigenvalue weighted by Crippen LogP contribution is -2.48. The molecule has 2 amide bonds. The first kappa shape index (κ1) is 39.9. The van der Waals surface area contributed by atoms with Gasteiger partial charge in [0, 0.05) is 123 Å². The summed E-state index contributed by atoms with van der Waals surface area (Å²) in [6, 6.07) is 17.0. The summed E-state index contributed by atoms with van der Waals surface area (Å²) < 4.78 is 5.00. The topological polar surface area (TPSA) is 119 Å². The Morgan fingerprint density at radius 2 is 1.00 bits per heavy atom. The molecule has 2 saturated heterocycles. The first-order valence-corrected chi connectivity index (χ1v) is 20.1. The van der Waals surface area contributed by atoms with Gasteiger partial charge in [0.25, 0.3) is 0 Å². The van der Waals surface area contributed by atoms with Crippen LogP contribution in [-0.2, 0) is 57.6 Å². The molecule has 4 aromatic rings. The van der Waals surface area contributed by atoms with Gasteiger partial charge in [0.15, 0.2) is 0 Å². The molecule has 0 spiro atoms. The Hall–Kier alpha value is -4.33. The fourth-order valence-electron chi connectivity index (χ4n) is 6.35. The van der Waals surface area contributed by atoms with Crippen LogP contribution in [0.1, 0.15) is 51.7 Å². The molecule has 13 heteroatoms. The molecule has 0 bridgehead atoms. The fraction of sp³-hybridized carbons (Fsp3) is 0.475. The summed E-state index contributed by atoms with van der Waals surface area (Å²) in [7, 11) is 0. The van der Waals surface area contributed by atoms with Crippen LogP contribution >= 0.6 is 22.7 Å². The summed E-state index contributed by atoms with van der Waals surface area (Å²) in [6.07, 6.45) is 9.19. The van der Waals surface area contributed by atoms with Gasteiger partial charge in [-0.15, -0.1) is 22.7 Å². The molecule has 0 atom stereocenters. The number of hydrogen-bond acceptors (Lipinski definition) is 11. The van der Waals surface area contributed by atoms with E-state index < -0.39 is 0 Å². The number of esters is 1. The van der Waals surface area contributed by atoms with Crippen molar-refractivity contribution < 1.29 is 24.2 Å². The summed E-state index contributed by atoms with van der Waals surface area (Å²) >= 11 is 3.55. The number of aromatic nitrogens is 2. The molecule has 0 aliphatic carbocycles. The van der Waals surface area contributed by atoms with E-state index in [4.69, 9.17) is 9.84 Å². The molecule has 0 saturated carbocycles. The van der Waals surface area contributed by atoms with Crippen molar-refractivity contribution in [3.8, 4) is 0 Å². The molecular weight excluding hydrogens is 709 g/mol. The number of aliphatic hydroxyl groups excluding tert-OH is 1. The Kier molecular flexibility index (Phi) is 15.2. The van der Waals surface area contributed by atoms with Gasteiger partial charge in [-0.2, -0.15) is 0 Å². The zero-order valence-corrected chi connectivity index (χ0v) is 32.8. The van der Waals surface area contributed by atoms with Gasteiger partial charge in [-0.3, -0.25) is 24.4 Å². The average molecular weight is 761 g/mol. The van der Waals surface area contributed by atoms with Crippen molar-refractivity contribution in [3.63, 3.8) is 0 Å². The quantitative estimate of drug-likeness (QED) is 0.191. The molecule has 2 fully saturated rings. The predicted molar refractivity (Wildman–Crippen MR) is 212 cm³/mol. The lowest BCUT2D eigenvalue weighted by atomic mass is 10.2. The number of carbonyl (C=O) groups is 3. The number of thiophene rings is 2. The maximum Gasteiger partial charge on any atom is 0.302 e. The molecule has 6 heterocycles. The Bertz CT molecular complexity index is 1740. The second-order valence-corrected chi connectivity index (χ2v) is 15.8. The van der Waals surface area contributed by atoms with Crippen LogP contribution in [-0.4, -0.2) is 108 Å². The van der Waals surface area contributed by atoms with E-state index in [0.717, 1.165) is 114 Å². The van der Waals surface area contributed by atoms with Gasteiger partial charge in [0.2, 0.25) is 11.8 Å². The van der Waals surface area contributed by atoms with Gasteiger partial charge < -0.3 is 29.4 Å². The average Bonchev–Trinajstić information content (AvgIpc) is 3.83. The first-order valence-electron chi connectivity index (χ1n) is 18.5. The van der Waals surface area contributed by atoms with Crippen molar-refractivity contribution in [1.29, 1.82) is 0 Å². The van der Waals surface area contributed by atoms with E-state index >= 15 is 0 Å². The number of piperazine rings is 2. The fourth-order valence-corrected chi connectivity index (χ4v) is 8.36. The van der Waals surface area contributed by atoms with Crippen molar-refractivity contribution in [1.82, 2.24) is 19.8 Å². The Labute approximate surface area is 321 Å². The summed E-state index contributed by atoms with van der Waals surface area (Å²) in [5.74, 6) is 0.0760. The number of rotatable bonds is 13. The minimum absolute atomic E-state index is 0.149. The van der Waals surface area contributed by atoms with E-state index in [0.29, 0.717) is 6.61 Å². The maximum absolute atomic E-state index is 11.4. The minimum Gasteiger partial charge on any atom is -0.465 e. The van der Waals surface area contributed by atoms with E-state index in [2.05, 4.69) is 68.3 Å². The van der Waals surface area contributed by atoms with E-state index in [1.54, 1.807) is 36.5 Å². The van der Waals surface area contributed by atoms with Crippen LogP contribution in [0.2, 0.25) is 0 Å². The molecule has 4 aromatic heterocycles. The highest BCUT2D eigenvalue weighted by Crippen LogP contribution is 2.22. The normalized spacial score (nSPS) is 14.5. The Balaban J connectivity index is 0.000000206. The second-order valence-electron chi connectivity index (χ2n) is 13.3. The molecule has 2 aliphatic rings. The van der Waals surface area contributed by atoms with Crippen molar-refractivity contribution in [2.24, 2.45) is 0 Å². The van der Waals surface area contributed by atoms with Gasteiger partial charge in [0.05, 0.1) is 30.4 Å². The van der Waals surface area contributed by atoms with Crippen LogP contribution in [0.4, 0.5) is 11.4 Å². The second kappa shape index (κ2) is 20.2. The lowest BCUT2D eigenvalue weighted by molar-refractivity contribution is -0.140. The standard InChI is InChI=1S/C21H27N3O3S.C19H25N3O2S/c1-16(25)23-10-12-24(13-11-23)19-5-3-18(22-15-19)4-6-20-7-8-21(28-20)9-14-27-17(2)26;1-15(24)21-9-11-22(12-10-21)17-4-2-16(20-14-17)3-5-18-6-7-19(25-18)8-13-23/h3,5,7-8,15H,4,6,9-14H2,1-2H3;2,4,6-7,14,23H,3,5,8-13H2,1H3. The van der Waals surface area contributed by atoms with Crippen molar-refractivity contribution in [3.05, 3.63) is 91.8 Å². The van der Waals surface area contributed by atoms with Gasteiger partial charge in [0.1, 0.15) is 0 Å². The monoisotopic (exact) mass is 760 g/mol. The lowest BCUT2D eigenvalue weighted by Gasteiger charge is -2.35. The smallest absolute Gasteiger partial charge is 0.302 e. The molecule has 11 nitrogen and oxygen atoms in total. The third-order valence-electron chi connectivity index (χ3n) is 9.50. The predicted octanol–water partition coefficient (Wildman–Crippen LogP) is 4.83. The van der Waals surface area contributed by atoms with Crippen molar-refractivity contribution >= 4 is 51.8 Å². The van der Waals surface area contributed by atoms with Crippen LogP contribution in [0.25, 0.3) is 0 Å². The molecule has 0 radical (unpaired) electrons.